The van der Waals surface area contributed by atoms with Crippen molar-refractivity contribution < 1.29 is 9.84 Å². The molecule has 6 nitrogen and oxygen atoms in total. The molecule has 24 heavy (non-hydrogen) atoms. The Morgan fingerprint density at radius 3 is 2.88 bits per heavy atom. The minimum absolute atomic E-state index is 0.570. The highest BCUT2D eigenvalue weighted by Crippen LogP contribution is 2.31. The third-order valence-electron chi connectivity index (χ3n) is 4.74. The first-order valence-corrected chi connectivity index (χ1v) is 8.04. The van der Waals surface area contributed by atoms with Crippen molar-refractivity contribution in [1.29, 1.82) is 0 Å². The molecule has 1 aliphatic heterocycles. The molecule has 2 heterocycles. The molecular formula is C18H20N4O2. The van der Waals surface area contributed by atoms with Gasteiger partial charge >= 0.3 is 0 Å². The highest BCUT2D eigenvalue weighted by atomic mass is 16.5. The molecule has 0 saturated carbocycles. The zero-order valence-electron chi connectivity index (χ0n) is 13.6. The monoisotopic (exact) mass is 324 g/mol. The van der Waals surface area contributed by atoms with Crippen LogP contribution in [0.1, 0.15) is 17.7 Å². The van der Waals surface area contributed by atoms with Gasteiger partial charge in [0.15, 0.2) is 0 Å². The number of H-pyrrole nitrogens is 1. The van der Waals surface area contributed by atoms with Crippen molar-refractivity contribution in [1.82, 2.24) is 20.3 Å². The molecule has 0 bridgehead atoms. The van der Waals surface area contributed by atoms with Gasteiger partial charge in [0.2, 0.25) is 0 Å². The largest absolute Gasteiger partial charge is 0.497 e. The standard InChI is InChI=1S/C18H20N4O2/c1-24-16-5-4-14-8-13(2-3-15(14)9-16)11-22-7-6-18(23,12-22)17-10-19-21-20-17/h2-5,8-10,23H,6-7,11-12H2,1H3,(H,19,20,21). The van der Waals surface area contributed by atoms with Gasteiger partial charge in [-0.25, -0.2) is 0 Å². The van der Waals surface area contributed by atoms with Gasteiger partial charge < -0.3 is 9.84 Å². The number of β-amino-alcohol motifs (C(OH)–C–C–N with tert-alkyl or cyclic N) is 1. The Balaban J connectivity index is 1.51. The van der Waals surface area contributed by atoms with Crippen LogP contribution < -0.4 is 4.74 Å². The lowest BCUT2D eigenvalue weighted by atomic mass is 10.00. The van der Waals surface area contributed by atoms with Crippen LogP contribution in [0.5, 0.6) is 5.75 Å². The molecule has 2 aromatic carbocycles. The zero-order valence-corrected chi connectivity index (χ0v) is 13.6. The first-order chi connectivity index (χ1) is 11.7. The second-order valence-electron chi connectivity index (χ2n) is 6.39. The molecule has 1 aromatic heterocycles. The van der Waals surface area contributed by atoms with E-state index in [1.165, 1.54) is 16.3 Å². The van der Waals surface area contributed by atoms with E-state index in [4.69, 9.17) is 4.74 Å². The van der Waals surface area contributed by atoms with Crippen molar-refractivity contribution in [3.8, 4) is 5.75 Å². The van der Waals surface area contributed by atoms with E-state index in [1.807, 2.05) is 12.1 Å². The van der Waals surface area contributed by atoms with Gasteiger partial charge in [-0.1, -0.05) is 18.2 Å². The number of aliphatic hydroxyl groups is 1. The molecule has 0 spiro atoms. The summed E-state index contributed by atoms with van der Waals surface area (Å²) in [6, 6.07) is 12.5. The van der Waals surface area contributed by atoms with Crippen LogP contribution in [-0.4, -0.2) is 45.6 Å². The molecular weight excluding hydrogens is 304 g/mol. The predicted octanol–water partition coefficient (Wildman–Crippen LogP) is 2.06. The van der Waals surface area contributed by atoms with Crippen molar-refractivity contribution in [2.75, 3.05) is 20.2 Å². The SMILES string of the molecule is COc1ccc2cc(CN3CCC(O)(c4cn[nH]n4)C3)ccc2c1. The molecule has 3 aromatic rings. The van der Waals surface area contributed by atoms with E-state index >= 15 is 0 Å². The van der Waals surface area contributed by atoms with Crippen molar-refractivity contribution in [3.05, 3.63) is 53.9 Å². The van der Waals surface area contributed by atoms with Crippen LogP contribution in [0.25, 0.3) is 10.8 Å². The normalized spacial score (nSPS) is 21.4. The fourth-order valence-electron chi connectivity index (χ4n) is 3.40. The second kappa shape index (κ2) is 5.89. The number of benzene rings is 2. The van der Waals surface area contributed by atoms with Crippen molar-refractivity contribution in [2.45, 2.75) is 18.6 Å². The third-order valence-corrected chi connectivity index (χ3v) is 4.74. The molecule has 124 valence electrons. The zero-order chi connectivity index (χ0) is 16.6. The average Bonchev–Trinajstić information content (AvgIpc) is 3.25. The van der Waals surface area contributed by atoms with Crippen molar-refractivity contribution >= 4 is 10.8 Å². The highest BCUT2D eigenvalue weighted by Gasteiger charge is 2.39. The Hall–Kier alpha value is -2.44. The molecule has 0 radical (unpaired) electrons. The van der Waals surface area contributed by atoms with Crippen molar-refractivity contribution in [2.24, 2.45) is 0 Å². The summed E-state index contributed by atoms with van der Waals surface area (Å²) in [7, 11) is 1.68. The van der Waals surface area contributed by atoms with E-state index in [0.717, 1.165) is 18.8 Å². The number of fused-ring (bicyclic) bond motifs is 1. The van der Waals surface area contributed by atoms with Gasteiger partial charge in [-0.3, -0.25) is 4.90 Å². The van der Waals surface area contributed by atoms with Gasteiger partial charge in [0.1, 0.15) is 17.0 Å². The Morgan fingerprint density at radius 2 is 2.08 bits per heavy atom. The molecule has 0 amide bonds. The minimum atomic E-state index is -0.906. The second-order valence-corrected chi connectivity index (χ2v) is 6.39. The van der Waals surface area contributed by atoms with Crippen LogP contribution >= 0.6 is 0 Å². The smallest absolute Gasteiger partial charge is 0.124 e. The molecule has 1 unspecified atom stereocenters. The fraction of sp³-hybridized carbons (Fsp3) is 0.333. The summed E-state index contributed by atoms with van der Waals surface area (Å²) in [4.78, 5) is 2.25. The Morgan fingerprint density at radius 1 is 1.25 bits per heavy atom. The lowest BCUT2D eigenvalue weighted by molar-refractivity contribution is 0.0409. The summed E-state index contributed by atoms with van der Waals surface area (Å²) < 4.78 is 5.27. The number of hydrogen-bond donors (Lipinski definition) is 2. The van der Waals surface area contributed by atoms with Crippen LogP contribution in [-0.2, 0) is 12.1 Å². The van der Waals surface area contributed by atoms with Gasteiger partial charge in [0.05, 0.1) is 13.3 Å². The summed E-state index contributed by atoms with van der Waals surface area (Å²) in [6.45, 7) is 2.21. The highest BCUT2D eigenvalue weighted by molar-refractivity contribution is 5.84. The average molecular weight is 324 g/mol. The maximum atomic E-state index is 10.8. The molecule has 1 atom stereocenters. The summed E-state index contributed by atoms with van der Waals surface area (Å²) in [5, 5.41) is 23.5. The molecule has 6 heteroatoms. The number of hydrogen-bond acceptors (Lipinski definition) is 5. The topological polar surface area (TPSA) is 74.3 Å². The predicted molar refractivity (Wildman–Crippen MR) is 90.7 cm³/mol. The number of rotatable bonds is 4. The molecule has 1 aliphatic rings. The number of nitrogens with one attached hydrogen (secondary N) is 1. The van der Waals surface area contributed by atoms with Gasteiger partial charge in [-0.05, 0) is 41.0 Å². The molecule has 4 rings (SSSR count). The fourth-order valence-corrected chi connectivity index (χ4v) is 3.40. The van der Waals surface area contributed by atoms with Gasteiger partial charge in [0, 0.05) is 19.6 Å². The first-order valence-electron chi connectivity index (χ1n) is 8.04. The van der Waals surface area contributed by atoms with Gasteiger partial charge in [-0.15, -0.1) is 0 Å². The van der Waals surface area contributed by atoms with Crippen LogP contribution in [0, 0.1) is 0 Å². The number of methoxy groups -OCH3 is 1. The molecule has 1 saturated heterocycles. The molecule has 1 fully saturated rings. The number of aromatic amines is 1. The van der Waals surface area contributed by atoms with E-state index in [2.05, 4.69) is 44.6 Å². The molecule has 2 N–H and O–H groups in total. The lowest BCUT2D eigenvalue weighted by Crippen LogP contribution is -2.31. The number of likely N-dealkylation sites (tertiary alicyclic amines) is 1. The maximum absolute atomic E-state index is 10.8. The van der Waals surface area contributed by atoms with Crippen molar-refractivity contribution in [3.63, 3.8) is 0 Å². The first kappa shape index (κ1) is 15.1. The van der Waals surface area contributed by atoms with E-state index in [0.29, 0.717) is 18.7 Å². The van der Waals surface area contributed by atoms with E-state index in [-0.39, 0.29) is 0 Å². The Kier molecular flexibility index (Phi) is 3.70. The van der Waals surface area contributed by atoms with E-state index in [1.54, 1.807) is 13.3 Å². The van der Waals surface area contributed by atoms with Crippen LogP contribution in [0.15, 0.2) is 42.6 Å². The molecule has 0 aliphatic carbocycles. The van der Waals surface area contributed by atoms with Crippen LogP contribution in [0.3, 0.4) is 0 Å². The number of aromatic nitrogens is 3. The number of nitrogens with zero attached hydrogens (tertiary/aromatic N) is 3. The van der Waals surface area contributed by atoms with Crippen LogP contribution in [0.2, 0.25) is 0 Å². The van der Waals surface area contributed by atoms with E-state index in [9.17, 15) is 5.11 Å². The summed E-state index contributed by atoms with van der Waals surface area (Å²) in [5.74, 6) is 0.868. The Labute approximate surface area is 140 Å². The van der Waals surface area contributed by atoms with Gasteiger partial charge in [-0.2, -0.15) is 15.4 Å². The third kappa shape index (κ3) is 2.74. The maximum Gasteiger partial charge on any atom is 0.124 e. The quantitative estimate of drug-likeness (QED) is 0.768. The minimum Gasteiger partial charge on any atom is -0.497 e. The van der Waals surface area contributed by atoms with Gasteiger partial charge in [0.25, 0.3) is 0 Å². The number of ether oxygens (including phenoxy) is 1. The lowest BCUT2D eigenvalue weighted by Gasteiger charge is -2.21. The Bertz CT molecular complexity index is 849. The van der Waals surface area contributed by atoms with Crippen LogP contribution in [0.4, 0.5) is 0 Å². The summed E-state index contributed by atoms with van der Waals surface area (Å²) >= 11 is 0. The summed E-state index contributed by atoms with van der Waals surface area (Å²) in [5.41, 5.74) is 0.949. The summed E-state index contributed by atoms with van der Waals surface area (Å²) in [6.07, 6.45) is 2.28. The van der Waals surface area contributed by atoms with E-state index < -0.39 is 5.60 Å².